The second-order valence-corrected chi connectivity index (χ2v) is 4.78. The standard InChI is InChI=1S/C17H20N2O3/c1-3-22-14-9-10-15(16(11-14)18-12(2)20)17(21)19-13-7-5-4-6-8-13/h4-12,18,20H,3H2,1-2H3,(H,19,21). The second kappa shape index (κ2) is 7.47. The van der Waals surface area contributed by atoms with Crippen molar-refractivity contribution in [2.45, 2.75) is 20.1 Å². The second-order valence-electron chi connectivity index (χ2n) is 4.78. The molecule has 5 nitrogen and oxygen atoms in total. The maximum Gasteiger partial charge on any atom is 0.257 e. The molecule has 1 atom stereocenters. The highest BCUT2D eigenvalue weighted by Gasteiger charge is 2.14. The van der Waals surface area contributed by atoms with Crippen LogP contribution < -0.4 is 15.4 Å². The third kappa shape index (κ3) is 4.23. The Kier molecular flexibility index (Phi) is 5.38. The molecule has 1 amide bonds. The number of hydrogen-bond donors (Lipinski definition) is 3. The molecule has 2 rings (SSSR count). The Hall–Kier alpha value is -2.53. The molecule has 0 saturated heterocycles. The zero-order valence-corrected chi connectivity index (χ0v) is 12.7. The van der Waals surface area contributed by atoms with Gasteiger partial charge in [-0.05, 0) is 38.1 Å². The van der Waals surface area contributed by atoms with Crippen LogP contribution in [-0.4, -0.2) is 23.8 Å². The summed E-state index contributed by atoms with van der Waals surface area (Å²) in [6.07, 6.45) is -0.778. The maximum atomic E-state index is 12.4. The number of aliphatic hydroxyl groups excluding tert-OH is 1. The van der Waals surface area contributed by atoms with Crippen LogP contribution in [0.25, 0.3) is 0 Å². The molecule has 0 bridgehead atoms. The first kappa shape index (κ1) is 15.9. The van der Waals surface area contributed by atoms with Gasteiger partial charge in [-0.3, -0.25) is 4.79 Å². The van der Waals surface area contributed by atoms with Crippen LogP contribution in [0.15, 0.2) is 48.5 Å². The molecule has 0 radical (unpaired) electrons. The highest BCUT2D eigenvalue weighted by Crippen LogP contribution is 2.24. The van der Waals surface area contributed by atoms with Crippen LogP contribution in [0.3, 0.4) is 0 Å². The lowest BCUT2D eigenvalue weighted by Gasteiger charge is -2.15. The van der Waals surface area contributed by atoms with Gasteiger partial charge >= 0.3 is 0 Å². The molecule has 1 unspecified atom stereocenters. The molecule has 0 aliphatic carbocycles. The van der Waals surface area contributed by atoms with Crippen molar-refractivity contribution >= 4 is 17.3 Å². The number of aliphatic hydroxyl groups is 1. The van der Waals surface area contributed by atoms with E-state index in [1.54, 1.807) is 25.1 Å². The molecular weight excluding hydrogens is 280 g/mol. The van der Waals surface area contributed by atoms with Gasteiger partial charge in [0.05, 0.1) is 17.9 Å². The van der Waals surface area contributed by atoms with Gasteiger partial charge in [-0.1, -0.05) is 18.2 Å². The van der Waals surface area contributed by atoms with Gasteiger partial charge in [-0.25, -0.2) is 0 Å². The fourth-order valence-corrected chi connectivity index (χ4v) is 2.04. The third-order valence-electron chi connectivity index (χ3n) is 2.94. The number of para-hydroxylation sites is 1. The Morgan fingerprint density at radius 3 is 2.59 bits per heavy atom. The van der Waals surface area contributed by atoms with Crippen molar-refractivity contribution < 1.29 is 14.6 Å². The quantitative estimate of drug-likeness (QED) is 0.717. The molecule has 0 heterocycles. The van der Waals surface area contributed by atoms with E-state index in [0.29, 0.717) is 29.3 Å². The number of carbonyl (C=O) groups is 1. The van der Waals surface area contributed by atoms with Gasteiger partial charge in [0.25, 0.3) is 5.91 Å². The Morgan fingerprint density at radius 2 is 1.95 bits per heavy atom. The number of anilines is 2. The van der Waals surface area contributed by atoms with Crippen molar-refractivity contribution in [2.75, 3.05) is 17.2 Å². The van der Waals surface area contributed by atoms with Crippen LogP contribution >= 0.6 is 0 Å². The van der Waals surface area contributed by atoms with E-state index >= 15 is 0 Å². The van der Waals surface area contributed by atoms with E-state index in [1.807, 2.05) is 37.3 Å². The van der Waals surface area contributed by atoms with Crippen molar-refractivity contribution in [3.63, 3.8) is 0 Å². The van der Waals surface area contributed by atoms with Gasteiger partial charge in [-0.2, -0.15) is 0 Å². The van der Waals surface area contributed by atoms with E-state index in [-0.39, 0.29) is 5.91 Å². The normalized spacial score (nSPS) is 11.6. The first-order chi connectivity index (χ1) is 10.6. The lowest BCUT2D eigenvalue weighted by molar-refractivity contribution is 0.102. The van der Waals surface area contributed by atoms with Crippen molar-refractivity contribution in [1.29, 1.82) is 0 Å². The molecule has 0 fully saturated rings. The lowest BCUT2D eigenvalue weighted by Crippen LogP contribution is -2.19. The SMILES string of the molecule is CCOc1ccc(C(=O)Nc2ccccc2)c(NC(C)O)c1. The van der Waals surface area contributed by atoms with E-state index in [2.05, 4.69) is 10.6 Å². The average molecular weight is 300 g/mol. The van der Waals surface area contributed by atoms with Crippen molar-refractivity contribution in [3.05, 3.63) is 54.1 Å². The fraction of sp³-hybridized carbons (Fsp3) is 0.235. The highest BCUT2D eigenvalue weighted by molar-refractivity contribution is 6.08. The van der Waals surface area contributed by atoms with Gasteiger partial charge in [0.1, 0.15) is 12.0 Å². The van der Waals surface area contributed by atoms with Crippen molar-refractivity contribution in [2.24, 2.45) is 0 Å². The van der Waals surface area contributed by atoms with E-state index in [9.17, 15) is 9.90 Å². The summed E-state index contributed by atoms with van der Waals surface area (Å²) >= 11 is 0. The molecule has 2 aromatic rings. The number of ether oxygens (including phenoxy) is 1. The summed E-state index contributed by atoms with van der Waals surface area (Å²) in [5.74, 6) is 0.388. The molecule has 0 spiro atoms. The van der Waals surface area contributed by atoms with E-state index in [1.165, 1.54) is 0 Å². The largest absolute Gasteiger partial charge is 0.494 e. The van der Waals surface area contributed by atoms with Crippen LogP contribution in [0.4, 0.5) is 11.4 Å². The van der Waals surface area contributed by atoms with Crippen molar-refractivity contribution in [3.8, 4) is 5.75 Å². The predicted octanol–water partition coefficient (Wildman–Crippen LogP) is 3.09. The molecular formula is C17H20N2O3. The summed E-state index contributed by atoms with van der Waals surface area (Å²) in [5, 5.41) is 15.2. The maximum absolute atomic E-state index is 12.4. The minimum atomic E-state index is -0.778. The van der Waals surface area contributed by atoms with E-state index in [0.717, 1.165) is 0 Å². The van der Waals surface area contributed by atoms with E-state index < -0.39 is 6.23 Å². The minimum absolute atomic E-state index is 0.252. The molecule has 5 heteroatoms. The number of carbonyl (C=O) groups excluding carboxylic acids is 1. The summed E-state index contributed by atoms with van der Waals surface area (Å²) in [6, 6.07) is 14.3. The predicted molar refractivity (Wildman–Crippen MR) is 87.3 cm³/mol. The molecule has 3 N–H and O–H groups in total. The van der Waals surface area contributed by atoms with Gasteiger partial charge in [-0.15, -0.1) is 0 Å². The number of benzene rings is 2. The monoisotopic (exact) mass is 300 g/mol. The summed E-state index contributed by atoms with van der Waals surface area (Å²) in [4.78, 5) is 12.4. The molecule has 0 aliphatic rings. The average Bonchev–Trinajstić information content (AvgIpc) is 2.48. The van der Waals surface area contributed by atoms with Gasteiger partial charge in [0, 0.05) is 11.8 Å². The van der Waals surface area contributed by atoms with Crippen LogP contribution in [0.1, 0.15) is 24.2 Å². The summed E-state index contributed by atoms with van der Waals surface area (Å²) < 4.78 is 5.43. The molecule has 0 aliphatic heterocycles. The summed E-state index contributed by atoms with van der Waals surface area (Å²) in [7, 11) is 0. The molecule has 2 aromatic carbocycles. The number of nitrogens with one attached hydrogen (secondary N) is 2. The van der Waals surface area contributed by atoms with Gasteiger partial charge < -0.3 is 20.5 Å². The highest BCUT2D eigenvalue weighted by atomic mass is 16.5. The first-order valence-corrected chi connectivity index (χ1v) is 7.18. The fourth-order valence-electron chi connectivity index (χ4n) is 2.04. The molecule has 22 heavy (non-hydrogen) atoms. The molecule has 0 saturated carbocycles. The Morgan fingerprint density at radius 1 is 1.23 bits per heavy atom. The number of hydrogen-bond acceptors (Lipinski definition) is 4. The number of rotatable bonds is 6. The van der Waals surface area contributed by atoms with Crippen LogP contribution in [-0.2, 0) is 0 Å². The zero-order valence-electron chi connectivity index (χ0n) is 12.7. The van der Waals surface area contributed by atoms with E-state index in [4.69, 9.17) is 4.74 Å². The lowest BCUT2D eigenvalue weighted by atomic mass is 10.1. The van der Waals surface area contributed by atoms with Crippen molar-refractivity contribution in [1.82, 2.24) is 0 Å². The summed E-state index contributed by atoms with van der Waals surface area (Å²) in [5.41, 5.74) is 1.67. The van der Waals surface area contributed by atoms with Gasteiger partial charge in [0.2, 0.25) is 0 Å². The molecule has 116 valence electrons. The van der Waals surface area contributed by atoms with Crippen LogP contribution in [0.2, 0.25) is 0 Å². The first-order valence-electron chi connectivity index (χ1n) is 7.18. The zero-order chi connectivity index (χ0) is 15.9. The Labute approximate surface area is 129 Å². The molecule has 0 aromatic heterocycles. The number of amides is 1. The smallest absolute Gasteiger partial charge is 0.257 e. The van der Waals surface area contributed by atoms with Gasteiger partial charge in [0.15, 0.2) is 0 Å². The summed E-state index contributed by atoms with van der Waals surface area (Å²) in [6.45, 7) is 4.01. The Bertz CT molecular complexity index is 627. The van der Waals surface area contributed by atoms with Crippen LogP contribution in [0, 0.1) is 0 Å². The van der Waals surface area contributed by atoms with Crippen LogP contribution in [0.5, 0.6) is 5.75 Å². The third-order valence-corrected chi connectivity index (χ3v) is 2.94. The Balaban J connectivity index is 2.26. The minimum Gasteiger partial charge on any atom is -0.494 e. The topological polar surface area (TPSA) is 70.6 Å².